The van der Waals surface area contributed by atoms with Crippen LogP contribution in [-0.2, 0) is 20.9 Å². The van der Waals surface area contributed by atoms with Crippen molar-refractivity contribution in [3.63, 3.8) is 0 Å². The molecule has 3 atom stereocenters. The number of methoxy groups -OCH3 is 1. The molecule has 5 nitrogen and oxygen atoms in total. The van der Waals surface area contributed by atoms with Crippen LogP contribution in [0.25, 0.3) is 0 Å². The van der Waals surface area contributed by atoms with Crippen molar-refractivity contribution in [2.24, 2.45) is 11.3 Å². The third-order valence-corrected chi connectivity index (χ3v) is 5.67. The number of allylic oxidation sites excluding steroid dienone is 2. The van der Waals surface area contributed by atoms with E-state index in [1.165, 1.54) is 0 Å². The molecule has 1 aliphatic rings. The van der Waals surface area contributed by atoms with E-state index in [0.29, 0.717) is 18.6 Å². The van der Waals surface area contributed by atoms with Crippen LogP contribution in [0.15, 0.2) is 48.6 Å². The molecule has 1 fully saturated rings. The van der Waals surface area contributed by atoms with Crippen LogP contribution < -0.4 is 4.74 Å². The van der Waals surface area contributed by atoms with Crippen molar-refractivity contribution in [3.05, 3.63) is 54.1 Å². The summed E-state index contributed by atoms with van der Waals surface area (Å²) < 4.78 is 11.4. The summed E-state index contributed by atoms with van der Waals surface area (Å²) in [6.07, 6.45) is 1.15. The molecule has 0 aromatic heterocycles. The summed E-state index contributed by atoms with van der Waals surface area (Å²) in [4.78, 5) is 24.0. The van der Waals surface area contributed by atoms with Gasteiger partial charge in [-0.2, -0.15) is 0 Å². The molecule has 1 aliphatic carbocycles. The minimum absolute atomic E-state index is 0.0953. The molecule has 5 heteroatoms. The second-order valence-electron chi connectivity index (χ2n) is 7.87. The molecular weight excluding hydrogens is 356 g/mol. The lowest BCUT2D eigenvalue weighted by molar-refractivity contribution is -0.137. The number of hydrogen-bond donors (Lipinski definition) is 1. The smallest absolute Gasteiger partial charge is 0.303 e. The van der Waals surface area contributed by atoms with Crippen molar-refractivity contribution in [2.75, 3.05) is 7.11 Å². The first kappa shape index (κ1) is 21.9. The number of carbonyl (C=O) groups is 2. The highest BCUT2D eigenvalue weighted by atomic mass is 16.5. The van der Waals surface area contributed by atoms with Gasteiger partial charge in [-0.3, -0.25) is 9.59 Å². The van der Waals surface area contributed by atoms with Crippen LogP contribution in [-0.4, -0.2) is 30.1 Å². The van der Waals surface area contributed by atoms with Crippen molar-refractivity contribution in [1.82, 2.24) is 0 Å². The molecule has 0 heterocycles. The molecule has 1 N–H and O–H groups in total. The number of benzene rings is 1. The van der Waals surface area contributed by atoms with Gasteiger partial charge < -0.3 is 14.6 Å². The molecule has 152 valence electrons. The van der Waals surface area contributed by atoms with Gasteiger partial charge in [0.05, 0.1) is 25.2 Å². The Hall–Kier alpha value is -2.40. The van der Waals surface area contributed by atoms with Gasteiger partial charge in [0.1, 0.15) is 5.75 Å². The second kappa shape index (κ2) is 9.20. The Bertz CT molecular complexity index is 749. The van der Waals surface area contributed by atoms with E-state index in [-0.39, 0.29) is 30.6 Å². The van der Waals surface area contributed by atoms with E-state index in [2.05, 4.69) is 13.2 Å². The van der Waals surface area contributed by atoms with E-state index in [9.17, 15) is 9.59 Å². The van der Waals surface area contributed by atoms with Crippen molar-refractivity contribution >= 4 is 11.8 Å². The summed E-state index contributed by atoms with van der Waals surface area (Å²) in [6, 6.07) is 7.63. The average molecular weight is 386 g/mol. The summed E-state index contributed by atoms with van der Waals surface area (Å²) in [5, 5.41) is 8.89. The Balaban J connectivity index is 2.13. The minimum Gasteiger partial charge on any atom is -0.497 e. The van der Waals surface area contributed by atoms with Gasteiger partial charge in [-0.25, -0.2) is 0 Å². The first-order valence-corrected chi connectivity index (χ1v) is 9.51. The fourth-order valence-electron chi connectivity index (χ4n) is 3.81. The van der Waals surface area contributed by atoms with Crippen molar-refractivity contribution in [3.8, 4) is 5.75 Å². The molecule has 0 radical (unpaired) electrons. The standard InChI is InChI=1S/C23H30O5/c1-15(2)18-12-20(28-14-17-7-9-19(27-5)10-8-17)23(4,13-18)22(26)16(3)6-11-21(24)25/h7-10,18,20H,1,3,6,11-14H2,2,4-5H3,(H,24,25)/t18-,20+,23+/m1/s1. The number of carboxylic acids is 1. The fraction of sp³-hybridized carbons (Fsp3) is 0.478. The second-order valence-corrected chi connectivity index (χ2v) is 7.87. The van der Waals surface area contributed by atoms with Crippen molar-refractivity contribution in [1.29, 1.82) is 0 Å². The zero-order valence-corrected chi connectivity index (χ0v) is 17.0. The normalized spacial score (nSPS) is 24.0. The molecule has 2 rings (SSSR count). The van der Waals surface area contributed by atoms with E-state index >= 15 is 0 Å². The highest BCUT2D eigenvalue weighted by molar-refractivity contribution is 6.00. The Morgan fingerprint density at radius 2 is 1.86 bits per heavy atom. The van der Waals surface area contributed by atoms with Gasteiger partial charge in [0.2, 0.25) is 0 Å². The summed E-state index contributed by atoms with van der Waals surface area (Å²) in [6.45, 7) is 12.2. The molecule has 0 saturated heterocycles. The molecule has 0 spiro atoms. The van der Waals surface area contributed by atoms with E-state index in [0.717, 1.165) is 23.3 Å². The monoisotopic (exact) mass is 386 g/mol. The molecule has 0 amide bonds. The molecule has 0 bridgehead atoms. The first-order chi connectivity index (χ1) is 13.2. The number of carboxylic acid groups (broad SMARTS) is 1. The lowest BCUT2D eigenvalue weighted by Crippen LogP contribution is -2.38. The number of ether oxygens (including phenoxy) is 2. The average Bonchev–Trinajstić information content (AvgIpc) is 3.02. The quantitative estimate of drug-likeness (QED) is 0.471. The summed E-state index contributed by atoms with van der Waals surface area (Å²) in [5.41, 5.74) is 1.65. The number of aliphatic carboxylic acids is 1. The van der Waals surface area contributed by atoms with Crippen LogP contribution in [0.3, 0.4) is 0 Å². The van der Waals surface area contributed by atoms with Crippen LogP contribution >= 0.6 is 0 Å². The van der Waals surface area contributed by atoms with Gasteiger partial charge in [0, 0.05) is 6.42 Å². The van der Waals surface area contributed by atoms with Crippen LogP contribution in [0.4, 0.5) is 0 Å². The van der Waals surface area contributed by atoms with Gasteiger partial charge in [0.25, 0.3) is 0 Å². The van der Waals surface area contributed by atoms with Crippen LogP contribution in [0.5, 0.6) is 5.75 Å². The molecule has 1 aromatic rings. The third kappa shape index (κ3) is 5.10. The van der Waals surface area contributed by atoms with E-state index in [1.54, 1.807) is 7.11 Å². The lowest BCUT2D eigenvalue weighted by atomic mass is 9.77. The van der Waals surface area contributed by atoms with Gasteiger partial charge in [-0.1, -0.05) is 30.9 Å². The van der Waals surface area contributed by atoms with Gasteiger partial charge in [-0.05, 0) is 62.3 Å². The molecule has 28 heavy (non-hydrogen) atoms. The number of hydrogen-bond acceptors (Lipinski definition) is 4. The van der Waals surface area contributed by atoms with E-state index < -0.39 is 11.4 Å². The molecule has 1 saturated carbocycles. The molecular formula is C23H30O5. The van der Waals surface area contributed by atoms with Gasteiger partial charge in [0.15, 0.2) is 5.78 Å². The molecule has 0 aliphatic heterocycles. The number of Topliss-reactive ketones (excluding diaryl/α,β-unsaturated/α-hetero) is 1. The number of ketones is 1. The Morgan fingerprint density at radius 1 is 1.21 bits per heavy atom. The van der Waals surface area contributed by atoms with Crippen LogP contribution in [0.2, 0.25) is 0 Å². The lowest BCUT2D eigenvalue weighted by Gasteiger charge is -2.31. The highest BCUT2D eigenvalue weighted by Gasteiger charge is 2.50. The predicted molar refractivity (Wildman–Crippen MR) is 108 cm³/mol. The fourth-order valence-corrected chi connectivity index (χ4v) is 3.81. The third-order valence-electron chi connectivity index (χ3n) is 5.67. The largest absolute Gasteiger partial charge is 0.497 e. The maximum atomic E-state index is 13.1. The number of rotatable bonds is 10. The molecule has 1 aromatic carbocycles. The number of carbonyl (C=O) groups excluding carboxylic acids is 1. The topological polar surface area (TPSA) is 72.8 Å². The highest BCUT2D eigenvalue weighted by Crippen LogP contribution is 2.48. The maximum absolute atomic E-state index is 13.1. The van der Waals surface area contributed by atoms with Gasteiger partial charge >= 0.3 is 5.97 Å². The summed E-state index contributed by atoms with van der Waals surface area (Å²) in [7, 11) is 1.62. The summed E-state index contributed by atoms with van der Waals surface area (Å²) in [5.74, 6) is -0.0568. The Morgan fingerprint density at radius 3 is 2.39 bits per heavy atom. The Labute approximate surface area is 167 Å². The minimum atomic E-state index is -0.933. The maximum Gasteiger partial charge on any atom is 0.303 e. The summed E-state index contributed by atoms with van der Waals surface area (Å²) >= 11 is 0. The van der Waals surface area contributed by atoms with E-state index in [1.807, 2.05) is 38.1 Å². The first-order valence-electron chi connectivity index (χ1n) is 9.51. The van der Waals surface area contributed by atoms with E-state index in [4.69, 9.17) is 14.6 Å². The van der Waals surface area contributed by atoms with Crippen LogP contribution in [0.1, 0.15) is 45.1 Å². The zero-order valence-electron chi connectivity index (χ0n) is 17.0. The predicted octanol–water partition coefficient (Wildman–Crippen LogP) is 4.56. The Kier molecular flexibility index (Phi) is 7.19. The zero-order chi connectivity index (χ0) is 20.9. The van der Waals surface area contributed by atoms with Gasteiger partial charge in [-0.15, -0.1) is 0 Å². The van der Waals surface area contributed by atoms with Crippen molar-refractivity contribution < 1.29 is 24.2 Å². The van der Waals surface area contributed by atoms with Crippen LogP contribution in [0, 0.1) is 11.3 Å². The SMILES string of the molecule is C=C(CCC(=O)O)C(=O)[C@@]1(C)C[C@H](C(=C)C)C[C@@H]1OCc1ccc(OC)cc1. The van der Waals surface area contributed by atoms with Crippen molar-refractivity contribution in [2.45, 2.75) is 52.2 Å². The molecule has 0 unspecified atom stereocenters.